The number of aromatic nitrogens is 5. The minimum absolute atomic E-state index is 0.0681. The number of nitriles is 1. The second kappa shape index (κ2) is 7.73. The highest BCUT2D eigenvalue weighted by molar-refractivity contribution is 5.71. The first-order valence-corrected chi connectivity index (χ1v) is 9.60. The molecule has 2 aromatic heterocycles. The highest BCUT2D eigenvalue weighted by Gasteiger charge is 2.26. The van der Waals surface area contributed by atoms with Gasteiger partial charge in [0.1, 0.15) is 19.0 Å². The van der Waals surface area contributed by atoms with Gasteiger partial charge in [0.25, 0.3) is 0 Å². The van der Waals surface area contributed by atoms with Gasteiger partial charge in [-0.1, -0.05) is 12.0 Å². The summed E-state index contributed by atoms with van der Waals surface area (Å²) in [5, 5.41) is 18.1. The second-order valence-electron chi connectivity index (χ2n) is 7.17. The van der Waals surface area contributed by atoms with E-state index in [-0.39, 0.29) is 13.2 Å². The fraction of sp³-hybridized carbons (Fsp3) is 0.130. The summed E-state index contributed by atoms with van der Waals surface area (Å²) in [6.07, 6.45) is 7.18. The third-order valence-corrected chi connectivity index (χ3v) is 5.26. The molecule has 0 atom stereocenters. The Bertz CT molecular complexity index is 1440. The van der Waals surface area contributed by atoms with Gasteiger partial charge in [-0.3, -0.25) is 4.57 Å². The van der Waals surface area contributed by atoms with Crippen molar-refractivity contribution in [1.82, 2.24) is 24.3 Å². The Morgan fingerprint density at radius 3 is 2.75 bits per heavy atom. The number of rotatable bonds is 4. The van der Waals surface area contributed by atoms with Crippen LogP contribution in [0.4, 0.5) is 8.78 Å². The Hall–Kier alpha value is -4.34. The van der Waals surface area contributed by atoms with Crippen LogP contribution in [0.25, 0.3) is 17.1 Å². The number of imidazole rings is 1. The van der Waals surface area contributed by atoms with Crippen LogP contribution in [0.1, 0.15) is 28.3 Å². The summed E-state index contributed by atoms with van der Waals surface area (Å²) < 4.78 is 35.9. The van der Waals surface area contributed by atoms with Gasteiger partial charge >= 0.3 is 0 Å². The molecule has 0 N–H and O–H groups in total. The van der Waals surface area contributed by atoms with Crippen molar-refractivity contribution in [2.45, 2.75) is 19.8 Å². The van der Waals surface area contributed by atoms with Crippen LogP contribution in [-0.2, 0) is 24.5 Å². The fourth-order valence-electron chi connectivity index (χ4n) is 3.69. The van der Waals surface area contributed by atoms with Crippen LogP contribution in [0.15, 0.2) is 42.7 Å². The number of benzene rings is 2. The van der Waals surface area contributed by atoms with E-state index in [9.17, 15) is 14.0 Å². The minimum Gasteiger partial charge on any atom is -0.369 e. The fourth-order valence-corrected chi connectivity index (χ4v) is 3.69. The van der Waals surface area contributed by atoms with Crippen LogP contribution in [-0.4, -0.2) is 24.3 Å². The van der Waals surface area contributed by atoms with Crippen molar-refractivity contribution in [3.8, 4) is 35.5 Å². The molecule has 32 heavy (non-hydrogen) atoms. The lowest BCUT2D eigenvalue weighted by Crippen LogP contribution is -2.10. The lowest BCUT2D eigenvalue weighted by molar-refractivity contribution is 0.0991. The van der Waals surface area contributed by atoms with Crippen molar-refractivity contribution in [1.29, 1.82) is 5.26 Å². The maximum absolute atomic E-state index is 13.4. The smallest absolute Gasteiger partial charge is 0.166 e. The molecule has 156 valence electrons. The summed E-state index contributed by atoms with van der Waals surface area (Å²) in [6, 6.07) is 11.2. The van der Waals surface area contributed by atoms with E-state index in [1.807, 2.05) is 27.3 Å². The zero-order valence-corrected chi connectivity index (χ0v) is 16.6. The van der Waals surface area contributed by atoms with Crippen molar-refractivity contribution in [3.63, 3.8) is 0 Å². The molecule has 0 spiro atoms. The SMILES string of the molecule is C#Cc1ccc2c(c1)-c1nnc(COCc3ccc(F)c(F)c3)n1Cc1c(C#N)ncn1-2. The first kappa shape index (κ1) is 19.6. The van der Waals surface area contributed by atoms with Crippen molar-refractivity contribution >= 4 is 0 Å². The number of hydrogen-bond donors (Lipinski definition) is 0. The number of fused-ring (bicyclic) bond motifs is 5. The van der Waals surface area contributed by atoms with Gasteiger partial charge < -0.3 is 9.30 Å². The zero-order chi connectivity index (χ0) is 22.2. The van der Waals surface area contributed by atoms with Crippen LogP contribution in [0, 0.1) is 35.3 Å². The molecule has 7 nitrogen and oxygen atoms in total. The van der Waals surface area contributed by atoms with Gasteiger partial charge in [0.15, 0.2) is 29.0 Å². The van der Waals surface area contributed by atoms with Crippen LogP contribution in [0.5, 0.6) is 0 Å². The Labute approximate surface area is 181 Å². The number of ether oxygens (including phenoxy) is 1. The van der Waals surface area contributed by atoms with Crippen LogP contribution >= 0.6 is 0 Å². The molecule has 1 aliphatic rings. The Balaban J connectivity index is 1.51. The molecule has 9 heteroatoms. The van der Waals surface area contributed by atoms with Gasteiger partial charge in [-0.2, -0.15) is 5.26 Å². The Morgan fingerprint density at radius 2 is 1.97 bits per heavy atom. The molecule has 0 saturated carbocycles. The lowest BCUT2D eigenvalue weighted by atomic mass is 10.1. The van der Waals surface area contributed by atoms with Gasteiger partial charge in [-0.15, -0.1) is 16.6 Å². The topological polar surface area (TPSA) is 81.6 Å². The summed E-state index contributed by atoms with van der Waals surface area (Å²) in [5.74, 6) is 1.87. The van der Waals surface area contributed by atoms with E-state index in [0.717, 1.165) is 23.4 Å². The number of terminal acetylenes is 1. The zero-order valence-electron chi connectivity index (χ0n) is 16.6. The molecule has 0 bridgehead atoms. The summed E-state index contributed by atoms with van der Waals surface area (Å²) >= 11 is 0. The number of hydrogen-bond acceptors (Lipinski definition) is 5. The molecule has 0 unspecified atom stereocenters. The third-order valence-electron chi connectivity index (χ3n) is 5.26. The maximum Gasteiger partial charge on any atom is 0.166 e. The highest BCUT2D eigenvalue weighted by Crippen LogP contribution is 2.33. The monoisotopic (exact) mass is 428 g/mol. The van der Waals surface area contributed by atoms with E-state index in [1.54, 1.807) is 6.33 Å². The van der Waals surface area contributed by atoms with Gasteiger partial charge in [0.2, 0.25) is 0 Å². The van der Waals surface area contributed by atoms with E-state index in [4.69, 9.17) is 11.2 Å². The number of halogens is 2. The highest BCUT2D eigenvalue weighted by atomic mass is 19.2. The van der Waals surface area contributed by atoms with E-state index in [2.05, 4.69) is 27.2 Å². The molecular formula is C23H14F2N6O. The van der Waals surface area contributed by atoms with E-state index < -0.39 is 11.6 Å². The molecule has 5 rings (SSSR count). The molecule has 0 amide bonds. The van der Waals surface area contributed by atoms with Gasteiger partial charge in [0, 0.05) is 11.1 Å². The molecule has 1 aliphatic heterocycles. The average molecular weight is 428 g/mol. The molecule has 3 heterocycles. The number of nitrogens with zero attached hydrogens (tertiary/aromatic N) is 6. The molecule has 4 aromatic rings. The first-order valence-electron chi connectivity index (χ1n) is 9.60. The largest absolute Gasteiger partial charge is 0.369 e. The van der Waals surface area contributed by atoms with Crippen molar-refractivity contribution in [3.05, 3.63) is 82.7 Å². The van der Waals surface area contributed by atoms with Gasteiger partial charge in [-0.25, -0.2) is 13.8 Å². The van der Waals surface area contributed by atoms with E-state index in [1.165, 1.54) is 6.07 Å². The van der Waals surface area contributed by atoms with E-state index >= 15 is 0 Å². The maximum atomic E-state index is 13.4. The van der Waals surface area contributed by atoms with Gasteiger partial charge in [0.05, 0.1) is 24.5 Å². The first-order chi connectivity index (χ1) is 15.6. The minimum atomic E-state index is -0.930. The van der Waals surface area contributed by atoms with Gasteiger partial charge in [-0.05, 0) is 35.9 Å². The molecule has 0 saturated heterocycles. The van der Waals surface area contributed by atoms with Crippen LogP contribution in [0.3, 0.4) is 0 Å². The Morgan fingerprint density at radius 1 is 1.09 bits per heavy atom. The molecule has 0 radical (unpaired) electrons. The average Bonchev–Trinajstić information content (AvgIpc) is 3.37. The van der Waals surface area contributed by atoms with Crippen LogP contribution in [0.2, 0.25) is 0 Å². The molecule has 2 aromatic carbocycles. The summed E-state index contributed by atoms with van der Waals surface area (Å²) in [6.45, 7) is 0.444. The quantitative estimate of drug-likeness (QED) is 0.410. The van der Waals surface area contributed by atoms with Crippen LogP contribution < -0.4 is 0 Å². The standard InChI is InChI=1S/C23H14F2N6O/c1-2-14-4-6-20-16(7-14)23-29-28-22(12-32-11-15-3-5-17(24)18(25)8-15)30(23)10-21-19(9-26)27-13-31(20)21/h1,3-8,13H,10-12H2. The summed E-state index contributed by atoms with van der Waals surface area (Å²) in [7, 11) is 0. The van der Waals surface area contributed by atoms with Crippen molar-refractivity contribution < 1.29 is 13.5 Å². The lowest BCUT2D eigenvalue weighted by Gasteiger charge is -2.09. The molecular weight excluding hydrogens is 414 g/mol. The Kier molecular flexibility index (Phi) is 4.74. The third kappa shape index (κ3) is 3.22. The van der Waals surface area contributed by atoms with Crippen molar-refractivity contribution in [2.75, 3.05) is 0 Å². The normalized spacial score (nSPS) is 11.6. The molecule has 0 aliphatic carbocycles. The molecule has 0 fully saturated rings. The predicted octanol–water partition coefficient (Wildman–Crippen LogP) is 3.34. The summed E-state index contributed by atoms with van der Waals surface area (Å²) in [5.41, 5.74) is 3.69. The summed E-state index contributed by atoms with van der Waals surface area (Å²) in [4.78, 5) is 4.21. The van der Waals surface area contributed by atoms with E-state index in [0.29, 0.717) is 40.7 Å². The second-order valence-corrected chi connectivity index (χ2v) is 7.17. The van der Waals surface area contributed by atoms with Crippen molar-refractivity contribution in [2.24, 2.45) is 0 Å². The predicted molar refractivity (Wildman–Crippen MR) is 109 cm³/mol.